The van der Waals surface area contributed by atoms with E-state index in [9.17, 15) is 4.79 Å². The number of primary amides is 1. The molecule has 3 N–H and O–H groups in total. The topological polar surface area (TPSA) is 67.5 Å². The molecule has 0 aliphatic carbocycles. The summed E-state index contributed by atoms with van der Waals surface area (Å²) in [7, 11) is 0. The number of allylic oxidation sites excluding steroid dienone is 1. The zero-order valence-corrected chi connectivity index (χ0v) is 9.53. The average molecular weight is 238 g/mol. The highest BCUT2D eigenvalue weighted by Gasteiger charge is 1.90. The van der Waals surface area contributed by atoms with E-state index < -0.39 is 6.03 Å². The molecule has 5 heteroatoms. The van der Waals surface area contributed by atoms with Gasteiger partial charge in [-0.1, -0.05) is 29.8 Å². The van der Waals surface area contributed by atoms with Gasteiger partial charge in [-0.15, -0.1) is 0 Å². The first-order valence-electron chi connectivity index (χ1n) is 4.61. The van der Waals surface area contributed by atoms with Crippen molar-refractivity contribution < 1.29 is 4.79 Å². The predicted octanol–water partition coefficient (Wildman–Crippen LogP) is 2.40. The fourth-order valence-corrected chi connectivity index (χ4v) is 1.10. The van der Waals surface area contributed by atoms with Crippen LogP contribution in [0.4, 0.5) is 4.79 Å². The number of nitrogens with zero attached hydrogens (tertiary/aromatic N) is 1. The SMILES string of the molecule is CC(C=Cc1ccc(Cl)cc1)=NNC(N)=O. The van der Waals surface area contributed by atoms with E-state index in [4.69, 9.17) is 17.3 Å². The van der Waals surface area contributed by atoms with Gasteiger partial charge in [-0.2, -0.15) is 5.10 Å². The summed E-state index contributed by atoms with van der Waals surface area (Å²) in [6.45, 7) is 1.75. The quantitative estimate of drug-likeness (QED) is 0.615. The van der Waals surface area contributed by atoms with Gasteiger partial charge >= 0.3 is 6.03 Å². The molecule has 16 heavy (non-hydrogen) atoms. The first-order valence-corrected chi connectivity index (χ1v) is 4.99. The number of carbonyl (C=O) groups excluding carboxylic acids is 1. The van der Waals surface area contributed by atoms with Crippen LogP contribution in [0.15, 0.2) is 35.4 Å². The van der Waals surface area contributed by atoms with Crippen LogP contribution in [-0.2, 0) is 0 Å². The van der Waals surface area contributed by atoms with E-state index in [1.54, 1.807) is 25.1 Å². The lowest BCUT2D eigenvalue weighted by Crippen LogP contribution is -2.25. The molecule has 1 aromatic carbocycles. The molecular weight excluding hydrogens is 226 g/mol. The third kappa shape index (κ3) is 4.61. The largest absolute Gasteiger partial charge is 0.350 e. The first kappa shape index (κ1) is 12.3. The van der Waals surface area contributed by atoms with E-state index in [2.05, 4.69) is 10.5 Å². The van der Waals surface area contributed by atoms with Crippen molar-refractivity contribution >= 4 is 29.4 Å². The summed E-state index contributed by atoms with van der Waals surface area (Å²) in [5.41, 5.74) is 8.66. The van der Waals surface area contributed by atoms with Gasteiger partial charge in [0.15, 0.2) is 0 Å². The summed E-state index contributed by atoms with van der Waals surface area (Å²) in [6, 6.07) is 6.69. The van der Waals surface area contributed by atoms with Gasteiger partial charge in [-0.25, -0.2) is 10.2 Å². The Morgan fingerprint density at radius 3 is 2.62 bits per heavy atom. The fourth-order valence-electron chi connectivity index (χ4n) is 0.971. The van der Waals surface area contributed by atoms with E-state index in [0.717, 1.165) is 5.56 Å². The third-order valence-corrected chi connectivity index (χ3v) is 1.98. The minimum Gasteiger partial charge on any atom is -0.350 e. The van der Waals surface area contributed by atoms with Crippen molar-refractivity contribution in [2.45, 2.75) is 6.92 Å². The molecule has 0 bridgehead atoms. The Hall–Kier alpha value is -1.81. The molecule has 84 valence electrons. The number of benzene rings is 1. The van der Waals surface area contributed by atoms with E-state index in [-0.39, 0.29) is 0 Å². The second-order valence-corrected chi connectivity index (χ2v) is 3.55. The first-order chi connectivity index (χ1) is 7.58. The highest BCUT2D eigenvalue weighted by atomic mass is 35.5. The molecule has 0 saturated heterocycles. The van der Waals surface area contributed by atoms with Crippen molar-refractivity contribution in [3.8, 4) is 0 Å². The fraction of sp³-hybridized carbons (Fsp3) is 0.0909. The normalized spacial score (nSPS) is 11.8. The standard InChI is InChI=1S/C11H12ClN3O/c1-8(14-15-11(13)16)2-3-9-4-6-10(12)7-5-9/h2-7H,1H3,(H3,13,15,16). The van der Waals surface area contributed by atoms with Crippen molar-refractivity contribution in [2.75, 3.05) is 0 Å². The van der Waals surface area contributed by atoms with Crippen LogP contribution in [0, 0.1) is 0 Å². The molecule has 0 aliphatic heterocycles. The minimum atomic E-state index is -0.681. The van der Waals surface area contributed by atoms with Gasteiger partial charge in [0.25, 0.3) is 0 Å². The summed E-state index contributed by atoms with van der Waals surface area (Å²) in [5, 5.41) is 4.43. The molecule has 0 atom stereocenters. The van der Waals surface area contributed by atoms with Gasteiger partial charge in [-0.3, -0.25) is 0 Å². The highest BCUT2D eigenvalue weighted by molar-refractivity contribution is 6.30. The Labute approximate surface area is 98.8 Å². The van der Waals surface area contributed by atoms with Gasteiger partial charge in [-0.05, 0) is 30.7 Å². The number of rotatable bonds is 3. The molecule has 0 aromatic heterocycles. The maximum atomic E-state index is 10.4. The Bertz CT molecular complexity index is 423. The number of amides is 2. The summed E-state index contributed by atoms with van der Waals surface area (Å²) in [6.07, 6.45) is 3.62. The number of nitrogens with two attached hydrogens (primary N) is 1. The monoisotopic (exact) mass is 237 g/mol. The van der Waals surface area contributed by atoms with Crippen LogP contribution in [0.1, 0.15) is 12.5 Å². The summed E-state index contributed by atoms with van der Waals surface area (Å²) < 4.78 is 0. The lowest BCUT2D eigenvalue weighted by molar-refractivity contribution is 0.249. The van der Waals surface area contributed by atoms with Crippen LogP contribution in [0.2, 0.25) is 5.02 Å². The van der Waals surface area contributed by atoms with Gasteiger partial charge < -0.3 is 5.73 Å². The average Bonchev–Trinajstić information content (AvgIpc) is 2.25. The second-order valence-electron chi connectivity index (χ2n) is 3.11. The molecular formula is C11H12ClN3O. The van der Waals surface area contributed by atoms with Crippen molar-refractivity contribution in [2.24, 2.45) is 10.8 Å². The number of hydrogen-bond donors (Lipinski definition) is 2. The van der Waals surface area contributed by atoms with E-state index in [1.165, 1.54) is 0 Å². The predicted molar refractivity (Wildman–Crippen MR) is 66.3 cm³/mol. The molecule has 0 saturated carbocycles. The van der Waals surface area contributed by atoms with E-state index >= 15 is 0 Å². The molecule has 0 heterocycles. The number of urea groups is 1. The summed E-state index contributed by atoms with van der Waals surface area (Å²) in [5.74, 6) is 0. The van der Waals surface area contributed by atoms with Crippen molar-refractivity contribution in [3.63, 3.8) is 0 Å². The molecule has 0 fully saturated rings. The lowest BCUT2D eigenvalue weighted by Gasteiger charge is -1.95. The minimum absolute atomic E-state index is 0.647. The summed E-state index contributed by atoms with van der Waals surface area (Å²) >= 11 is 5.75. The van der Waals surface area contributed by atoms with Crippen LogP contribution >= 0.6 is 11.6 Å². The van der Waals surface area contributed by atoms with Crippen LogP contribution in [0.5, 0.6) is 0 Å². The van der Waals surface area contributed by atoms with Crippen LogP contribution in [-0.4, -0.2) is 11.7 Å². The van der Waals surface area contributed by atoms with Gasteiger partial charge in [0.1, 0.15) is 0 Å². The second kappa shape index (κ2) is 5.92. The smallest absolute Gasteiger partial charge is 0.332 e. The number of hydrogen-bond acceptors (Lipinski definition) is 2. The van der Waals surface area contributed by atoms with Crippen LogP contribution in [0.25, 0.3) is 6.08 Å². The Kier molecular flexibility index (Phi) is 4.54. The Morgan fingerprint density at radius 1 is 1.44 bits per heavy atom. The van der Waals surface area contributed by atoms with Crippen LogP contribution in [0.3, 0.4) is 0 Å². The maximum Gasteiger partial charge on any atom is 0.332 e. The number of hydrazone groups is 1. The lowest BCUT2D eigenvalue weighted by atomic mass is 10.2. The number of nitrogens with one attached hydrogen (secondary N) is 1. The summed E-state index contributed by atoms with van der Waals surface area (Å²) in [4.78, 5) is 10.4. The molecule has 0 unspecified atom stereocenters. The molecule has 0 aliphatic rings. The molecule has 1 aromatic rings. The molecule has 0 radical (unpaired) electrons. The molecule has 1 rings (SSSR count). The zero-order valence-electron chi connectivity index (χ0n) is 8.77. The highest BCUT2D eigenvalue weighted by Crippen LogP contribution is 2.10. The maximum absolute atomic E-state index is 10.4. The Balaban J connectivity index is 2.62. The Morgan fingerprint density at radius 2 is 2.06 bits per heavy atom. The van der Waals surface area contributed by atoms with Crippen molar-refractivity contribution in [1.82, 2.24) is 5.43 Å². The zero-order chi connectivity index (χ0) is 12.0. The van der Waals surface area contributed by atoms with Crippen molar-refractivity contribution in [3.05, 3.63) is 40.9 Å². The number of carbonyl (C=O) groups is 1. The third-order valence-electron chi connectivity index (χ3n) is 1.73. The van der Waals surface area contributed by atoms with Gasteiger partial charge in [0, 0.05) is 5.02 Å². The van der Waals surface area contributed by atoms with Crippen LogP contribution < -0.4 is 11.2 Å². The number of halogens is 1. The van der Waals surface area contributed by atoms with E-state index in [0.29, 0.717) is 10.7 Å². The van der Waals surface area contributed by atoms with Gasteiger partial charge in [0.05, 0.1) is 5.71 Å². The van der Waals surface area contributed by atoms with Gasteiger partial charge in [0.2, 0.25) is 0 Å². The molecule has 4 nitrogen and oxygen atoms in total. The molecule has 0 spiro atoms. The molecule has 2 amide bonds. The van der Waals surface area contributed by atoms with E-state index in [1.807, 2.05) is 18.2 Å². The van der Waals surface area contributed by atoms with Crippen molar-refractivity contribution in [1.29, 1.82) is 0 Å².